The van der Waals surface area contributed by atoms with Gasteiger partial charge in [-0.3, -0.25) is 9.59 Å². The summed E-state index contributed by atoms with van der Waals surface area (Å²) in [6.45, 7) is 0.332. The van der Waals surface area contributed by atoms with Gasteiger partial charge in [0, 0.05) is 51.3 Å². The van der Waals surface area contributed by atoms with Crippen molar-refractivity contribution in [2.24, 2.45) is 5.41 Å². The average molecular weight is 601 g/mol. The Labute approximate surface area is 247 Å². The molecule has 11 heteroatoms. The molecule has 3 aromatic rings. The molecule has 0 bridgehead atoms. The Kier molecular flexibility index (Phi) is 8.84. The van der Waals surface area contributed by atoms with Crippen molar-refractivity contribution in [1.29, 1.82) is 0 Å². The fraction of sp³-hybridized carbons (Fsp3) is 0.433. The molecule has 2 aromatic carbocycles. The highest BCUT2D eigenvalue weighted by molar-refractivity contribution is 7.11. The van der Waals surface area contributed by atoms with Gasteiger partial charge in [-0.05, 0) is 43.5 Å². The van der Waals surface area contributed by atoms with E-state index in [9.17, 15) is 14.7 Å². The molecule has 1 aliphatic heterocycles. The number of amides is 1. The molecule has 0 radical (unpaired) electrons. The van der Waals surface area contributed by atoms with Gasteiger partial charge in [-0.2, -0.15) is 0 Å². The predicted octanol–water partition coefficient (Wildman–Crippen LogP) is 5.06. The van der Waals surface area contributed by atoms with Gasteiger partial charge in [0.25, 0.3) is 5.91 Å². The zero-order valence-electron chi connectivity index (χ0n) is 23.0. The second kappa shape index (κ2) is 12.4. The van der Waals surface area contributed by atoms with Crippen LogP contribution in [0.4, 0.5) is 5.69 Å². The maximum absolute atomic E-state index is 14.3. The van der Waals surface area contributed by atoms with E-state index >= 15 is 0 Å². The Bertz CT molecular complexity index is 1420. The Hall–Kier alpha value is -3.18. The van der Waals surface area contributed by atoms with E-state index in [1.807, 2.05) is 24.3 Å². The minimum absolute atomic E-state index is 0.00525. The second-order valence-electron chi connectivity index (χ2n) is 10.5. The highest BCUT2D eigenvalue weighted by Crippen LogP contribution is 2.48. The molecule has 1 amide bonds. The van der Waals surface area contributed by atoms with Gasteiger partial charge in [-0.25, -0.2) is 4.98 Å². The largest absolute Gasteiger partial charge is 0.493 e. The number of aliphatic hydroxyl groups is 1. The lowest BCUT2D eigenvalue weighted by Gasteiger charge is -2.44. The summed E-state index contributed by atoms with van der Waals surface area (Å²) in [6, 6.07) is 10.9. The number of carbonyl (C=O) groups excluding carboxylic acids is 1. The fourth-order valence-electron chi connectivity index (χ4n) is 5.55. The van der Waals surface area contributed by atoms with Gasteiger partial charge >= 0.3 is 5.97 Å². The van der Waals surface area contributed by atoms with E-state index < -0.39 is 18.2 Å². The summed E-state index contributed by atoms with van der Waals surface area (Å²) >= 11 is 7.89. The number of aliphatic carboxylic acids is 1. The van der Waals surface area contributed by atoms with E-state index in [2.05, 4.69) is 4.98 Å². The Morgan fingerprint density at radius 1 is 1.22 bits per heavy atom. The first-order valence-electron chi connectivity index (χ1n) is 13.5. The molecular weight excluding hydrogens is 568 g/mol. The van der Waals surface area contributed by atoms with Crippen molar-refractivity contribution in [3.63, 3.8) is 0 Å². The number of benzene rings is 2. The summed E-state index contributed by atoms with van der Waals surface area (Å²) in [5.74, 6) is -0.0995. The molecule has 9 nitrogen and oxygen atoms in total. The third kappa shape index (κ3) is 6.06. The zero-order chi connectivity index (χ0) is 29.1. The highest BCUT2D eigenvalue weighted by Gasteiger charge is 2.44. The SMILES string of the molecule is COc1cccc([C@H]2O[C@H](Cc3ncc(CCC(=O)O)s3)C(=O)N(CC3(CO)CCC3)c3ccc(Cl)cc32)c1OC. The average Bonchev–Trinajstić information content (AvgIpc) is 3.37. The number of ether oxygens (including phenoxy) is 3. The lowest BCUT2D eigenvalue weighted by atomic mass is 9.69. The molecule has 218 valence electrons. The van der Waals surface area contributed by atoms with Crippen molar-refractivity contribution >= 4 is 40.5 Å². The van der Waals surface area contributed by atoms with Crippen LogP contribution >= 0.6 is 22.9 Å². The number of nitrogens with zero attached hydrogens (tertiary/aromatic N) is 2. The number of aromatic nitrogens is 1. The molecule has 0 saturated heterocycles. The van der Waals surface area contributed by atoms with Gasteiger partial charge in [0.2, 0.25) is 0 Å². The van der Waals surface area contributed by atoms with E-state index in [1.54, 1.807) is 37.4 Å². The molecule has 0 unspecified atom stereocenters. The van der Waals surface area contributed by atoms with E-state index in [0.717, 1.165) is 24.1 Å². The van der Waals surface area contributed by atoms with Crippen LogP contribution in [0, 0.1) is 5.41 Å². The number of halogens is 1. The number of methoxy groups -OCH3 is 2. The number of thiazole rings is 1. The minimum atomic E-state index is -0.920. The molecule has 1 aliphatic carbocycles. The van der Waals surface area contributed by atoms with Gasteiger partial charge in [0.15, 0.2) is 11.5 Å². The van der Waals surface area contributed by atoms with Gasteiger partial charge < -0.3 is 29.3 Å². The lowest BCUT2D eigenvalue weighted by Crippen LogP contribution is -2.50. The first-order chi connectivity index (χ1) is 19.8. The van der Waals surface area contributed by atoms with E-state index in [1.165, 1.54) is 11.3 Å². The van der Waals surface area contributed by atoms with Gasteiger partial charge in [-0.15, -0.1) is 11.3 Å². The van der Waals surface area contributed by atoms with Gasteiger partial charge in [-0.1, -0.05) is 30.2 Å². The van der Waals surface area contributed by atoms with Crippen LogP contribution in [0.2, 0.25) is 5.02 Å². The zero-order valence-corrected chi connectivity index (χ0v) is 24.5. The van der Waals surface area contributed by atoms with Crippen LogP contribution in [0.1, 0.15) is 52.8 Å². The third-order valence-electron chi connectivity index (χ3n) is 7.91. The van der Waals surface area contributed by atoms with Crippen molar-refractivity contribution < 1.29 is 34.0 Å². The number of fused-ring (bicyclic) bond motifs is 1. The van der Waals surface area contributed by atoms with E-state index in [4.69, 9.17) is 30.9 Å². The van der Waals surface area contributed by atoms with E-state index in [0.29, 0.717) is 51.3 Å². The molecule has 1 fully saturated rings. The summed E-state index contributed by atoms with van der Waals surface area (Å²) < 4.78 is 18.0. The molecule has 1 saturated carbocycles. The Morgan fingerprint density at radius 3 is 2.68 bits per heavy atom. The summed E-state index contributed by atoms with van der Waals surface area (Å²) in [7, 11) is 3.12. The molecule has 2 atom stereocenters. The monoisotopic (exact) mass is 600 g/mol. The molecule has 2 heterocycles. The topological polar surface area (TPSA) is 118 Å². The smallest absolute Gasteiger partial charge is 0.303 e. The number of para-hydroxylation sites is 1. The van der Waals surface area contributed by atoms with Crippen LogP contribution in [0.3, 0.4) is 0 Å². The van der Waals surface area contributed by atoms with Crippen molar-refractivity contribution in [2.45, 2.75) is 50.7 Å². The number of carbonyl (C=O) groups is 2. The number of carboxylic acid groups (broad SMARTS) is 1. The molecule has 2 aliphatic rings. The molecule has 5 rings (SSSR count). The maximum Gasteiger partial charge on any atom is 0.303 e. The molecule has 41 heavy (non-hydrogen) atoms. The van der Waals surface area contributed by atoms with Crippen LogP contribution in [0.5, 0.6) is 11.5 Å². The van der Waals surface area contributed by atoms with Gasteiger partial charge in [0.05, 0.1) is 32.3 Å². The van der Waals surface area contributed by atoms with Crippen molar-refractivity contribution in [3.05, 3.63) is 68.6 Å². The predicted molar refractivity (Wildman–Crippen MR) is 155 cm³/mol. The van der Waals surface area contributed by atoms with Crippen molar-refractivity contribution in [3.8, 4) is 11.5 Å². The second-order valence-corrected chi connectivity index (χ2v) is 12.2. The van der Waals surface area contributed by atoms with Crippen LogP contribution < -0.4 is 14.4 Å². The highest BCUT2D eigenvalue weighted by atomic mass is 35.5. The number of hydrogen-bond donors (Lipinski definition) is 2. The third-order valence-corrected chi connectivity index (χ3v) is 9.22. The number of rotatable bonds is 11. The normalized spacial score (nSPS) is 19.7. The summed E-state index contributed by atoms with van der Waals surface area (Å²) in [4.78, 5) is 32.4. The lowest BCUT2D eigenvalue weighted by molar-refractivity contribution is -0.137. The number of carboxylic acids is 1. The Balaban J connectivity index is 1.60. The number of aliphatic hydroxyl groups excluding tert-OH is 1. The van der Waals surface area contributed by atoms with Crippen LogP contribution in [-0.2, 0) is 27.2 Å². The number of hydrogen-bond acceptors (Lipinski definition) is 8. The van der Waals surface area contributed by atoms with Crippen molar-refractivity contribution in [2.75, 3.05) is 32.3 Å². The number of aryl methyl sites for hydroxylation is 1. The van der Waals surface area contributed by atoms with Crippen molar-refractivity contribution in [1.82, 2.24) is 4.98 Å². The summed E-state index contributed by atoms with van der Waals surface area (Å²) in [5.41, 5.74) is 1.67. The van der Waals surface area contributed by atoms with Crippen LogP contribution in [-0.4, -0.2) is 60.5 Å². The standard InChI is InChI=1S/C30H33ClN2O7S/c1-38-23-6-3-5-20(28(23)39-2)27-21-13-18(31)7-9-22(21)33(16-30(17-34)11-4-12-30)29(37)24(40-27)14-25-32-15-19(41-25)8-10-26(35)36/h3,5-7,9,13,15,24,27,34H,4,8,10-12,14,16-17H2,1-2H3,(H,35,36)/t24-,27-/m1/s1. The summed E-state index contributed by atoms with van der Waals surface area (Å²) in [6.07, 6.45) is 3.23. The van der Waals surface area contributed by atoms with Crippen LogP contribution in [0.15, 0.2) is 42.6 Å². The molecule has 2 N–H and O–H groups in total. The first-order valence-corrected chi connectivity index (χ1v) is 14.7. The first kappa shape index (κ1) is 29.3. The number of anilines is 1. The molecular formula is C30H33ClN2O7S. The van der Waals surface area contributed by atoms with E-state index in [-0.39, 0.29) is 30.8 Å². The summed E-state index contributed by atoms with van der Waals surface area (Å²) in [5, 5.41) is 20.5. The maximum atomic E-state index is 14.3. The quantitative estimate of drug-likeness (QED) is 0.314. The molecule has 0 spiro atoms. The molecule has 1 aromatic heterocycles. The van der Waals surface area contributed by atoms with Gasteiger partial charge in [0.1, 0.15) is 12.2 Å². The van der Waals surface area contributed by atoms with Crippen LogP contribution in [0.25, 0.3) is 0 Å². The Morgan fingerprint density at radius 2 is 2.02 bits per heavy atom. The fourth-order valence-corrected chi connectivity index (χ4v) is 6.69. The minimum Gasteiger partial charge on any atom is -0.493 e.